The van der Waals surface area contributed by atoms with E-state index < -0.39 is 0 Å². The summed E-state index contributed by atoms with van der Waals surface area (Å²) >= 11 is 1.94. The SMILES string of the molecule is CC.CC1NN(C)C(C)S1. The van der Waals surface area contributed by atoms with Gasteiger partial charge in [-0.15, -0.1) is 11.8 Å². The van der Waals surface area contributed by atoms with Crippen molar-refractivity contribution in [2.75, 3.05) is 7.05 Å². The molecule has 1 fully saturated rings. The summed E-state index contributed by atoms with van der Waals surface area (Å²) in [5.74, 6) is 0. The Morgan fingerprint density at radius 3 is 1.90 bits per heavy atom. The number of nitrogens with zero attached hydrogens (tertiary/aromatic N) is 1. The molecule has 0 saturated carbocycles. The molecule has 0 bridgehead atoms. The van der Waals surface area contributed by atoms with Gasteiger partial charge in [-0.25, -0.2) is 10.4 Å². The van der Waals surface area contributed by atoms with Crippen LogP contribution in [0, 0.1) is 0 Å². The third-order valence-corrected chi connectivity index (χ3v) is 2.56. The molecule has 1 aliphatic rings. The number of thioether (sulfide) groups is 1. The molecule has 0 aromatic heterocycles. The van der Waals surface area contributed by atoms with Gasteiger partial charge in [-0.05, 0) is 13.8 Å². The Morgan fingerprint density at radius 2 is 1.80 bits per heavy atom. The molecule has 0 spiro atoms. The van der Waals surface area contributed by atoms with Gasteiger partial charge in [0, 0.05) is 7.05 Å². The van der Waals surface area contributed by atoms with Gasteiger partial charge < -0.3 is 0 Å². The van der Waals surface area contributed by atoms with E-state index >= 15 is 0 Å². The molecular weight excluding hydrogens is 144 g/mol. The lowest BCUT2D eigenvalue weighted by Crippen LogP contribution is -2.33. The zero-order valence-electron chi connectivity index (χ0n) is 7.51. The quantitative estimate of drug-likeness (QED) is 0.585. The highest BCUT2D eigenvalue weighted by atomic mass is 32.2. The topological polar surface area (TPSA) is 15.3 Å². The van der Waals surface area contributed by atoms with E-state index in [1.807, 2.05) is 25.6 Å². The first-order valence-corrected chi connectivity index (χ1v) is 4.79. The summed E-state index contributed by atoms with van der Waals surface area (Å²) < 4.78 is 0. The second-order valence-corrected chi connectivity index (χ2v) is 3.78. The molecule has 1 aliphatic heterocycles. The van der Waals surface area contributed by atoms with Gasteiger partial charge in [-0.1, -0.05) is 13.8 Å². The zero-order valence-corrected chi connectivity index (χ0v) is 8.33. The first-order chi connectivity index (χ1) is 4.70. The van der Waals surface area contributed by atoms with Gasteiger partial charge in [0.1, 0.15) is 0 Å². The highest BCUT2D eigenvalue weighted by molar-refractivity contribution is 8.00. The molecule has 1 N–H and O–H groups in total. The molecule has 3 heteroatoms. The maximum Gasteiger partial charge on any atom is 0.0681 e. The first kappa shape index (κ1) is 10.3. The lowest BCUT2D eigenvalue weighted by atomic mass is 10.7. The maximum absolute atomic E-state index is 3.26. The van der Waals surface area contributed by atoms with Crippen molar-refractivity contribution >= 4 is 11.8 Å². The van der Waals surface area contributed by atoms with Crippen molar-refractivity contribution in [1.82, 2.24) is 10.4 Å². The smallest absolute Gasteiger partial charge is 0.0681 e. The average molecular weight is 162 g/mol. The van der Waals surface area contributed by atoms with E-state index in [1.165, 1.54) is 0 Å². The molecule has 2 unspecified atom stereocenters. The van der Waals surface area contributed by atoms with Crippen molar-refractivity contribution in [3.63, 3.8) is 0 Å². The minimum atomic E-state index is 0.593. The molecule has 10 heavy (non-hydrogen) atoms. The van der Waals surface area contributed by atoms with Crippen LogP contribution in [0.3, 0.4) is 0 Å². The first-order valence-electron chi connectivity index (χ1n) is 3.84. The molecule has 62 valence electrons. The summed E-state index contributed by atoms with van der Waals surface area (Å²) in [6.07, 6.45) is 0. The number of rotatable bonds is 0. The summed E-state index contributed by atoms with van der Waals surface area (Å²) in [4.78, 5) is 0. The van der Waals surface area contributed by atoms with Crippen LogP contribution in [0.4, 0.5) is 0 Å². The van der Waals surface area contributed by atoms with Gasteiger partial charge in [-0.2, -0.15) is 0 Å². The van der Waals surface area contributed by atoms with E-state index in [0.29, 0.717) is 10.7 Å². The highest BCUT2D eigenvalue weighted by Gasteiger charge is 2.21. The van der Waals surface area contributed by atoms with Gasteiger partial charge in [0.15, 0.2) is 0 Å². The standard InChI is InChI=1S/C5H12N2S.C2H6/c1-4-6-7(3)5(2)8-4;1-2/h4-6H,1-3H3;1-2H3. The van der Waals surface area contributed by atoms with Crippen LogP contribution in [0.1, 0.15) is 27.7 Å². The van der Waals surface area contributed by atoms with Crippen LogP contribution in [-0.2, 0) is 0 Å². The summed E-state index contributed by atoms with van der Waals surface area (Å²) in [6.45, 7) is 8.37. The fraction of sp³-hybridized carbons (Fsp3) is 1.00. The van der Waals surface area contributed by atoms with Crippen molar-refractivity contribution in [2.45, 2.75) is 38.4 Å². The van der Waals surface area contributed by atoms with E-state index in [4.69, 9.17) is 0 Å². The van der Waals surface area contributed by atoms with Crippen LogP contribution in [0.2, 0.25) is 0 Å². The Kier molecular flexibility index (Phi) is 5.13. The molecule has 0 radical (unpaired) electrons. The normalized spacial score (nSPS) is 33.3. The minimum absolute atomic E-state index is 0.593. The zero-order chi connectivity index (χ0) is 8.15. The van der Waals surface area contributed by atoms with Gasteiger partial charge in [-0.3, -0.25) is 0 Å². The van der Waals surface area contributed by atoms with Crippen LogP contribution in [0.25, 0.3) is 0 Å². The fourth-order valence-corrected chi connectivity index (χ4v) is 1.87. The van der Waals surface area contributed by atoms with Crippen molar-refractivity contribution in [3.05, 3.63) is 0 Å². The van der Waals surface area contributed by atoms with E-state index in [0.717, 1.165) is 0 Å². The van der Waals surface area contributed by atoms with E-state index in [2.05, 4.69) is 31.3 Å². The Labute approximate surface area is 68.3 Å². The number of hydrogen-bond acceptors (Lipinski definition) is 3. The molecule has 0 amide bonds. The number of hydrazine groups is 1. The van der Waals surface area contributed by atoms with E-state index in [-0.39, 0.29) is 0 Å². The Morgan fingerprint density at radius 1 is 1.30 bits per heavy atom. The second kappa shape index (κ2) is 4.99. The van der Waals surface area contributed by atoms with Crippen LogP contribution in [0.5, 0.6) is 0 Å². The summed E-state index contributed by atoms with van der Waals surface area (Å²) in [5.41, 5.74) is 3.26. The minimum Gasteiger partial charge on any atom is -0.242 e. The van der Waals surface area contributed by atoms with Gasteiger partial charge in [0.25, 0.3) is 0 Å². The van der Waals surface area contributed by atoms with Crippen molar-refractivity contribution in [2.24, 2.45) is 0 Å². The molecule has 1 heterocycles. The summed E-state index contributed by atoms with van der Waals surface area (Å²) in [7, 11) is 2.07. The Hall–Kier alpha value is 0.270. The van der Waals surface area contributed by atoms with E-state index in [1.54, 1.807) is 0 Å². The maximum atomic E-state index is 3.26. The van der Waals surface area contributed by atoms with Gasteiger partial charge >= 0.3 is 0 Å². The summed E-state index contributed by atoms with van der Waals surface area (Å²) in [5, 5.41) is 3.36. The molecule has 2 nitrogen and oxygen atoms in total. The number of nitrogens with one attached hydrogen (secondary N) is 1. The molecule has 1 saturated heterocycles. The van der Waals surface area contributed by atoms with Gasteiger partial charge in [0.2, 0.25) is 0 Å². The number of hydrogen-bond donors (Lipinski definition) is 1. The molecule has 0 aromatic rings. The third-order valence-electron chi connectivity index (χ3n) is 1.33. The predicted octanol–water partition coefficient (Wildman–Crippen LogP) is 1.89. The van der Waals surface area contributed by atoms with Crippen LogP contribution in [0.15, 0.2) is 0 Å². The second-order valence-electron chi connectivity index (χ2n) is 2.12. The monoisotopic (exact) mass is 162 g/mol. The van der Waals surface area contributed by atoms with Crippen LogP contribution < -0.4 is 5.43 Å². The summed E-state index contributed by atoms with van der Waals surface area (Å²) in [6, 6.07) is 0. The van der Waals surface area contributed by atoms with Crippen molar-refractivity contribution in [1.29, 1.82) is 0 Å². The van der Waals surface area contributed by atoms with Crippen molar-refractivity contribution < 1.29 is 0 Å². The molecule has 1 rings (SSSR count). The molecular formula is C7H18N2S. The Bertz CT molecular complexity index is 77.7. The third kappa shape index (κ3) is 2.90. The molecule has 2 atom stereocenters. The molecule has 0 aromatic carbocycles. The average Bonchev–Trinajstić information content (AvgIpc) is 2.16. The van der Waals surface area contributed by atoms with E-state index in [9.17, 15) is 0 Å². The lowest BCUT2D eigenvalue weighted by Gasteiger charge is -2.11. The Balaban J connectivity index is 0.000000371. The predicted molar refractivity (Wildman–Crippen MR) is 48.8 cm³/mol. The molecule has 0 aliphatic carbocycles. The lowest BCUT2D eigenvalue weighted by molar-refractivity contribution is 0.249. The van der Waals surface area contributed by atoms with Crippen LogP contribution >= 0.6 is 11.8 Å². The van der Waals surface area contributed by atoms with Crippen LogP contribution in [-0.4, -0.2) is 22.8 Å². The highest BCUT2D eigenvalue weighted by Crippen LogP contribution is 2.23. The van der Waals surface area contributed by atoms with Gasteiger partial charge in [0.05, 0.1) is 10.7 Å². The fourth-order valence-electron chi connectivity index (χ4n) is 0.809. The van der Waals surface area contributed by atoms with Crippen molar-refractivity contribution in [3.8, 4) is 0 Å². The largest absolute Gasteiger partial charge is 0.242 e.